The quantitative estimate of drug-likeness (QED) is 0.315. The van der Waals surface area contributed by atoms with Gasteiger partial charge in [-0.25, -0.2) is 8.42 Å². The zero-order valence-electron chi connectivity index (χ0n) is 22.6. The SMILES string of the molecule is CCNC(=O)C(Cc1ccccc1)N(Cc1cccc(Cl)c1)C(=O)CCCN(c1cccc(C)c1)S(C)(=O)=O. The van der Waals surface area contributed by atoms with E-state index in [0.29, 0.717) is 30.1 Å². The number of carbonyl (C=O) groups excluding carboxylic acids is 2. The molecule has 0 aliphatic rings. The molecule has 0 bridgehead atoms. The Kier molecular flexibility index (Phi) is 10.9. The van der Waals surface area contributed by atoms with E-state index in [1.807, 2.05) is 62.4 Å². The van der Waals surface area contributed by atoms with Crippen LogP contribution < -0.4 is 9.62 Å². The van der Waals surface area contributed by atoms with Crippen LogP contribution in [0.5, 0.6) is 0 Å². The van der Waals surface area contributed by atoms with Gasteiger partial charge in [0, 0.05) is 37.5 Å². The summed E-state index contributed by atoms with van der Waals surface area (Å²) in [4.78, 5) is 28.6. The standard InChI is InChI=1S/C30H36ClN3O4S/c1-4-32-30(36)28(21-24-12-6-5-7-13-24)33(22-25-14-9-15-26(31)20-25)29(35)17-10-18-34(39(3,37)38)27-16-8-11-23(2)19-27/h5-9,11-16,19-20,28H,4,10,17-18,21-22H2,1-3H3,(H,32,36). The highest BCUT2D eigenvalue weighted by Crippen LogP contribution is 2.22. The average molecular weight is 570 g/mol. The Morgan fingerprint density at radius 2 is 1.64 bits per heavy atom. The highest BCUT2D eigenvalue weighted by atomic mass is 35.5. The highest BCUT2D eigenvalue weighted by Gasteiger charge is 2.30. The molecule has 3 aromatic rings. The van der Waals surface area contributed by atoms with Crippen LogP contribution in [0.25, 0.3) is 0 Å². The second kappa shape index (κ2) is 14.1. The van der Waals surface area contributed by atoms with E-state index in [1.165, 1.54) is 4.31 Å². The smallest absolute Gasteiger partial charge is 0.243 e. The lowest BCUT2D eigenvalue weighted by atomic mass is 10.0. The van der Waals surface area contributed by atoms with Crippen LogP contribution in [-0.2, 0) is 32.6 Å². The third-order valence-corrected chi connectivity index (χ3v) is 7.74. The minimum atomic E-state index is -3.55. The Labute approximate surface area is 236 Å². The Balaban J connectivity index is 1.86. The molecule has 0 radical (unpaired) electrons. The summed E-state index contributed by atoms with van der Waals surface area (Å²) in [5, 5.41) is 3.41. The maximum atomic E-state index is 13.7. The van der Waals surface area contributed by atoms with Gasteiger partial charge >= 0.3 is 0 Å². The lowest BCUT2D eigenvalue weighted by Gasteiger charge is -2.32. The first kappa shape index (κ1) is 30.2. The highest BCUT2D eigenvalue weighted by molar-refractivity contribution is 7.92. The molecule has 3 aromatic carbocycles. The molecule has 1 unspecified atom stereocenters. The Hall–Kier alpha value is -3.36. The normalized spacial score (nSPS) is 12.0. The summed E-state index contributed by atoms with van der Waals surface area (Å²) in [5.74, 6) is -0.478. The molecule has 0 saturated carbocycles. The van der Waals surface area contributed by atoms with E-state index in [1.54, 1.807) is 35.2 Å². The van der Waals surface area contributed by atoms with Crippen molar-refractivity contribution in [2.24, 2.45) is 0 Å². The maximum absolute atomic E-state index is 13.7. The fourth-order valence-electron chi connectivity index (χ4n) is 4.47. The topological polar surface area (TPSA) is 86.8 Å². The predicted molar refractivity (Wildman–Crippen MR) is 157 cm³/mol. The number of likely N-dealkylation sites (N-methyl/N-ethyl adjacent to an activating group) is 1. The number of aryl methyl sites for hydroxylation is 1. The number of nitrogens with one attached hydrogen (secondary N) is 1. The third-order valence-electron chi connectivity index (χ3n) is 6.31. The van der Waals surface area contributed by atoms with Gasteiger partial charge in [0.1, 0.15) is 6.04 Å². The molecular weight excluding hydrogens is 534 g/mol. The van der Waals surface area contributed by atoms with Gasteiger partial charge in [0.2, 0.25) is 21.8 Å². The summed E-state index contributed by atoms with van der Waals surface area (Å²) in [6.45, 7) is 4.51. The summed E-state index contributed by atoms with van der Waals surface area (Å²) >= 11 is 6.21. The zero-order valence-corrected chi connectivity index (χ0v) is 24.2. The summed E-state index contributed by atoms with van der Waals surface area (Å²) in [5.41, 5.74) is 3.23. The van der Waals surface area contributed by atoms with Gasteiger partial charge in [0.15, 0.2) is 0 Å². The first-order chi connectivity index (χ1) is 18.6. The van der Waals surface area contributed by atoms with E-state index in [9.17, 15) is 18.0 Å². The number of hydrogen-bond acceptors (Lipinski definition) is 4. The zero-order chi connectivity index (χ0) is 28.4. The van der Waals surface area contributed by atoms with Gasteiger partial charge in [-0.3, -0.25) is 13.9 Å². The van der Waals surface area contributed by atoms with Crippen molar-refractivity contribution >= 4 is 39.1 Å². The fourth-order valence-corrected chi connectivity index (χ4v) is 5.64. The molecule has 3 rings (SSSR count). The lowest BCUT2D eigenvalue weighted by molar-refractivity contribution is -0.141. The summed E-state index contributed by atoms with van der Waals surface area (Å²) in [6.07, 6.45) is 1.87. The summed E-state index contributed by atoms with van der Waals surface area (Å²) in [7, 11) is -3.55. The third kappa shape index (κ3) is 9.11. The molecule has 0 heterocycles. The number of halogens is 1. The molecule has 1 N–H and O–H groups in total. The number of hydrogen-bond donors (Lipinski definition) is 1. The van der Waals surface area contributed by atoms with Gasteiger partial charge < -0.3 is 10.2 Å². The van der Waals surface area contributed by atoms with Crippen LogP contribution in [-0.4, -0.2) is 50.5 Å². The molecule has 7 nitrogen and oxygen atoms in total. The molecule has 208 valence electrons. The number of benzene rings is 3. The number of nitrogens with zero attached hydrogens (tertiary/aromatic N) is 2. The molecule has 2 amide bonds. The molecule has 0 aromatic heterocycles. The van der Waals surface area contributed by atoms with Crippen molar-refractivity contribution in [3.63, 3.8) is 0 Å². The number of rotatable bonds is 13. The second-order valence-electron chi connectivity index (χ2n) is 9.53. The Morgan fingerprint density at radius 3 is 2.28 bits per heavy atom. The number of amides is 2. The van der Waals surface area contributed by atoms with Crippen molar-refractivity contribution in [3.05, 3.63) is 101 Å². The van der Waals surface area contributed by atoms with Crippen LogP contribution in [0.4, 0.5) is 5.69 Å². The van der Waals surface area contributed by atoms with E-state index in [0.717, 1.165) is 22.9 Å². The monoisotopic (exact) mass is 569 g/mol. The molecule has 0 aliphatic heterocycles. The molecular formula is C30H36ClN3O4S. The lowest BCUT2D eigenvalue weighted by Crippen LogP contribution is -2.50. The summed E-state index contributed by atoms with van der Waals surface area (Å²) in [6, 6.07) is 23.3. The van der Waals surface area contributed by atoms with Crippen LogP contribution in [0.2, 0.25) is 5.02 Å². The van der Waals surface area contributed by atoms with E-state index in [2.05, 4.69) is 5.32 Å². The molecule has 0 fully saturated rings. The van der Waals surface area contributed by atoms with Crippen molar-refractivity contribution in [2.45, 2.75) is 45.7 Å². The molecule has 1 atom stereocenters. The average Bonchev–Trinajstić information content (AvgIpc) is 2.88. The van der Waals surface area contributed by atoms with Gasteiger partial charge in [-0.1, -0.05) is 66.2 Å². The first-order valence-electron chi connectivity index (χ1n) is 13.0. The van der Waals surface area contributed by atoms with Gasteiger partial charge in [0.05, 0.1) is 11.9 Å². The summed E-state index contributed by atoms with van der Waals surface area (Å²) < 4.78 is 26.4. The second-order valence-corrected chi connectivity index (χ2v) is 11.9. The van der Waals surface area contributed by atoms with Crippen molar-refractivity contribution < 1.29 is 18.0 Å². The van der Waals surface area contributed by atoms with Crippen molar-refractivity contribution in [1.82, 2.24) is 10.2 Å². The van der Waals surface area contributed by atoms with Gasteiger partial charge in [-0.15, -0.1) is 0 Å². The molecule has 0 spiro atoms. The maximum Gasteiger partial charge on any atom is 0.243 e. The van der Waals surface area contributed by atoms with Gasteiger partial charge in [-0.2, -0.15) is 0 Å². The fraction of sp³-hybridized carbons (Fsp3) is 0.333. The van der Waals surface area contributed by atoms with Crippen LogP contribution in [0.1, 0.15) is 36.5 Å². The Bertz CT molecular complexity index is 1370. The van der Waals surface area contributed by atoms with Crippen molar-refractivity contribution in [2.75, 3.05) is 23.7 Å². The minimum absolute atomic E-state index is 0.0725. The predicted octanol–water partition coefficient (Wildman–Crippen LogP) is 4.97. The number of carbonyl (C=O) groups is 2. The van der Waals surface area contributed by atoms with E-state index in [-0.39, 0.29) is 31.3 Å². The molecule has 0 saturated heterocycles. The Morgan fingerprint density at radius 1 is 0.949 bits per heavy atom. The van der Waals surface area contributed by atoms with E-state index >= 15 is 0 Å². The molecule has 0 aliphatic carbocycles. The molecule has 39 heavy (non-hydrogen) atoms. The van der Waals surface area contributed by atoms with Crippen molar-refractivity contribution in [1.29, 1.82) is 0 Å². The van der Waals surface area contributed by atoms with Crippen LogP contribution in [0.15, 0.2) is 78.9 Å². The first-order valence-corrected chi connectivity index (χ1v) is 15.2. The van der Waals surface area contributed by atoms with E-state index in [4.69, 9.17) is 11.6 Å². The van der Waals surface area contributed by atoms with Crippen LogP contribution in [0, 0.1) is 6.92 Å². The van der Waals surface area contributed by atoms with Gasteiger partial charge in [0.25, 0.3) is 0 Å². The van der Waals surface area contributed by atoms with Crippen LogP contribution in [0.3, 0.4) is 0 Å². The van der Waals surface area contributed by atoms with Crippen molar-refractivity contribution in [3.8, 4) is 0 Å². The van der Waals surface area contributed by atoms with Crippen LogP contribution >= 0.6 is 11.6 Å². The minimum Gasteiger partial charge on any atom is -0.355 e. The van der Waals surface area contributed by atoms with E-state index < -0.39 is 16.1 Å². The largest absolute Gasteiger partial charge is 0.355 e. The number of anilines is 1. The number of sulfonamides is 1. The molecule has 9 heteroatoms. The van der Waals surface area contributed by atoms with Gasteiger partial charge in [-0.05, 0) is 61.2 Å².